The van der Waals surface area contributed by atoms with E-state index in [0.29, 0.717) is 17.6 Å². The lowest BCUT2D eigenvalue weighted by molar-refractivity contribution is 1.13. The highest BCUT2D eigenvalue weighted by Crippen LogP contribution is 2.30. The summed E-state index contributed by atoms with van der Waals surface area (Å²) in [5.74, 6) is 1.27. The summed E-state index contributed by atoms with van der Waals surface area (Å²) in [7, 11) is 0. The Balaban J connectivity index is 2.68. The monoisotopic (exact) mass is 163 g/mol. The molecule has 1 saturated carbocycles. The number of aliphatic imine (C=N–C) groups is 2. The van der Waals surface area contributed by atoms with E-state index >= 15 is 0 Å². The molecule has 1 fully saturated rings. The van der Waals surface area contributed by atoms with E-state index in [-0.39, 0.29) is 0 Å². The molecular weight excluding hydrogens is 150 g/mol. The van der Waals surface area contributed by atoms with Crippen LogP contribution in [0.4, 0.5) is 0 Å². The average molecular weight is 163 g/mol. The highest BCUT2D eigenvalue weighted by atomic mass is 15.0. The first kappa shape index (κ1) is 8.84. The van der Waals surface area contributed by atoms with Crippen molar-refractivity contribution in [3.05, 3.63) is 12.2 Å². The zero-order chi connectivity index (χ0) is 9.14. The van der Waals surface area contributed by atoms with Gasteiger partial charge >= 0.3 is 0 Å². The van der Waals surface area contributed by atoms with Gasteiger partial charge in [0.25, 0.3) is 0 Å². The van der Waals surface area contributed by atoms with Crippen molar-refractivity contribution >= 4 is 18.4 Å². The van der Waals surface area contributed by atoms with E-state index in [0.717, 1.165) is 18.4 Å². The summed E-state index contributed by atoms with van der Waals surface area (Å²) < 4.78 is 0. The van der Waals surface area contributed by atoms with Gasteiger partial charge in [0.2, 0.25) is 0 Å². The van der Waals surface area contributed by atoms with Gasteiger partial charge in [0.1, 0.15) is 5.84 Å². The van der Waals surface area contributed by atoms with Gasteiger partial charge in [0, 0.05) is 5.92 Å². The highest BCUT2D eigenvalue weighted by Gasteiger charge is 2.26. The van der Waals surface area contributed by atoms with Crippen LogP contribution in [0.25, 0.3) is 0 Å². The molecule has 3 heteroatoms. The molecule has 1 aliphatic carbocycles. The molecule has 0 heterocycles. The van der Waals surface area contributed by atoms with Crippen LogP contribution in [0.3, 0.4) is 0 Å². The van der Waals surface area contributed by atoms with Crippen LogP contribution in [-0.4, -0.2) is 18.4 Å². The summed E-state index contributed by atoms with van der Waals surface area (Å²) in [5.41, 5.74) is 0.760. The van der Waals surface area contributed by atoms with E-state index in [1.54, 1.807) is 0 Å². The second-order valence-electron chi connectivity index (χ2n) is 3.03. The Kier molecular flexibility index (Phi) is 2.53. The number of rotatable bonds is 2. The zero-order valence-corrected chi connectivity index (χ0v) is 7.30. The molecule has 12 heavy (non-hydrogen) atoms. The number of hydrogen-bond acceptors (Lipinski definition) is 1. The molecule has 0 unspecified atom stereocenters. The van der Waals surface area contributed by atoms with E-state index in [1.165, 1.54) is 0 Å². The van der Waals surface area contributed by atoms with Gasteiger partial charge in [-0.2, -0.15) is 0 Å². The fraction of sp³-hybridized carbons (Fsp3) is 0.444. The Hall–Kier alpha value is -1.25. The maximum atomic E-state index is 7.52. The van der Waals surface area contributed by atoms with Crippen molar-refractivity contribution in [2.24, 2.45) is 15.9 Å². The topological polar surface area (TPSA) is 48.6 Å². The molecular formula is C9H13N3. The molecule has 64 valence electrons. The van der Waals surface area contributed by atoms with Crippen molar-refractivity contribution in [2.45, 2.75) is 19.8 Å². The summed E-state index contributed by atoms with van der Waals surface area (Å²) >= 11 is 0. The Labute approximate surface area is 72.4 Å². The fourth-order valence-corrected chi connectivity index (χ4v) is 0.828. The second-order valence-corrected chi connectivity index (χ2v) is 3.03. The first-order valence-electron chi connectivity index (χ1n) is 3.95. The molecule has 0 atom stereocenters. The molecule has 0 spiro atoms. The summed E-state index contributed by atoms with van der Waals surface area (Å²) in [6, 6.07) is 0. The van der Waals surface area contributed by atoms with Crippen LogP contribution in [0.5, 0.6) is 0 Å². The minimum Gasteiger partial charge on any atom is -0.286 e. The van der Waals surface area contributed by atoms with Crippen LogP contribution in [-0.2, 0) is 0 Å². The minimum atomic E-state index is 0.362. The quantitative estimate of drug-likeness (QED) is 0.478. The van der Waals surface area contributed by atoms with Crippen LogP contribution >= 0.6 is 0 Å². The third-order valence-electron chi connectivity index (χ3n) is 1.72. The molecule has 0 radical (unpaired) electrons. The molecule has 1 aliphatic rings. The smallest absolute Gasteiger partial charge is 0.155 e. The number of nitrogens with zero attached hydrogens (tertiary/aromatic N) is 2. The van der Waals surface area contributed by atoms with Gasteiger partial charge in [0.05, 0.1) is 0 Å². The third kappa shape index (κ3) is 2.12. The van der Waals surface area contributed by atoms with Gasteiger partial charge in [-0.15, -0.1) is 0 Å². The van der Waals surface area contributed by atoms with E-state index in [2.05, 4.69) is 23.3 Å². The summed E-state index contributed by atoms with van der Waals surface area (Å²) in [6.45, 7) is 8.89. The SMILES string of the molecule is C=NC(=NC(=N)C1CC1)C(=C)C. The number of amidine groups is 2. The largest absolute Gasteiger partial charge is 0.286 e. The predicted molar refractivity (Wildman–Crippen MR) is 52.2 cm³/mol. The molecule has 0 aromatic carbocycles. The highest BCUT2D eigenvalue weighted by molar-refractivity contribution is 6.07. The fourth-order valence-electron chi connectivity index (χ4n) is 0.828. The summed E-state index contributed by atoms with van der Waals surface area (Å²) in [5, 5.41) is 7.52. The summed E-state index contributed by atoms with van der Waals surface area (Å²) in [6.07, 6.45) is 2.17. The van der Waals surface area contributed by atoms with E-state index < -0.39 is 0 Å². The Morgan fingerprint density at radius 3 is 2.42 bits per heavy atom. The lowest BCUT2D eigenvalue weighted by Gasteiger charge is -1.98. The summed E-state index contributed by atoms with van der Waals surface area (Å²) in [4.78, 5) is 7.73. The van der Waals surface area contributed by atoms with Gasteiger partial charge in [-0.1, -0.05) is 6.58 Å². The molecule has 0 amide bonds. The van der Waals surface area contributed by atoms with Gasteiger partial charge in [-0.05, 0) is 32.1 Å². The van der Waals surface area contributed by atoms with Crippen molar-refractivity contribution in [3.8, 4) is 0 Å². The first-order chi connectivity index (χ1) is 5.65. The Morgan fingerprint density at radius 2 is 2.08 bits per heavy atom. The molecule has 0 saturated heterocycles. The maximum Gasteiger partial charge on any atom is 0.155 e. The average Bonchev–Trinajstić information content (AvgIpc) is 2.80. The molecule has 0 aromatic heterocycles. The van der Waals surface area contributed by atoms with Crippen LogP contribution in [0, 0.1) is 11.3 Å². The van der Waals surface area contributed by atoms with E-state index in [9.17, 15) is 0 Å². The van der Waals surface area contributed by atoms with Crippen molar-refractivity contribution in [1.29, 1.82) is 5.41 Å². The van der Waals surface area contributed by atoms with Crippen molar-refractivity contribution < 1.29 is 0 Å². The lowest BCUT2D eigenvalue weighted by atomic mass is 10.3. The molecule has 3 nitrogen and oxygen atoms in total. The predicted octanol–water partition coefficient (Wildman–Crippen LogP) is 2.05. The first-order valence-corrected chi connectivity index (χ1v) is 3.95. The molecule has 0 aliphatic heterocycles. The Bertz CT molecular complexity index is 259. The normalized spacial score (nSPS) is 17.2. The lowest BCUT2D eigenvalue weighted by Crippen LogP contribution is -2.02. The maximum absolute atomic E-state index is 7.52. The van der Waals surface area contributed by atoms with Crippen LogP contribution < -0.4 is 0 Å². The Morgan fingerprint density at radius 1 is 1.50 bits per heavy atom. The standard InChI is InChI=1S/C9H13N3/c1-6(2)9(11-3)12-8(10)7-4-5-7/h7,10H,1,3-5H2,2H3. The van der Waals surface area contributed by atoms with Gasteiger partial charge in [-0.25, -0.2) is 9.98 Å². The van der Waals surface area contributed by atoms with Gasteiger partial charge in [0.15, 0.2) is 5.84 Å². The van der Waals surface area contributed by atoms with Crippen LogP contribution in [0.1, 0.15) is 19.8 Å². The minimum absolute atomic E-state index is 0.362. The van der Waals surface area contributed by atoms with Crippen molar-refractivity contribution in [2.75, 3.05) is 0 Å². The molecule has 0 aromatic rings. The second kappa shape index (κ2) is 3.43. The van der Waals surface area contributed by atoms with E-state index in [1.807, 2.05) is 6.92 Å². The van der Waals surface area contributed by atoms with Crippen molar-refractivity contribution in [3.63, 3.8) is 0 Å². The number of hydrogen-bond donors (Lipinski definition) is 1. The van der Waals surface area contributed by atoms with E-state index in [4.69, 9.17) is 5.41 Å². The zero-order valence-electron chi connectivity index (χ0n) is 7.30. The molecule has 0 bridgehead atoms. The van der Waals surface area contributed by atoms with Gasteiger partial charge in [-0.3, -0.25) is 5.41 Å². The van der Waals surface area contributed by atoms with Crippen molar-refractivity contribution in [1.82, 2.24) is 0 Å². The van der Waals surface area contributed by atoms with Gasteiger partial charge < -0.3 is 0 Å². The molecule has 1 N–H and O–H groups in total. The van der Waals surface area contributed by atoms with Crippen LogP contribution in [0.15, 0.2) is 22.1 Å². The number of nitrogens with one attached hydrogen (secondary N) is 1. The molecule has 1 rings (SSSR count). The van der Waals surface area contributed by atoms with Crippen LogP contribution in [0.2, 0.25) is 0 Å². The third-order valence-corrected chi connectivity index (χ3v) is 1.72.